The lowest BCUT2D eigenvalue weighted by atomic mass is 10.1. The normalized spacial score (nSPS) is 11.1. The second-order valence-electron chi connectivity index (χ2n) is 5.40. The van der Waals surface area contributed by atoms with Crippen LogP contribution in [-0.2, 0) is 14.8 Å². The van der Waals surface area contributed by atoms with Gasteiger partial charge in [0.2, 0.25) is 0 Å². The molecule has 0 bridgehead atoms. The molecule has 0 atom stereocenters. The Kier molecular flexibility index (Phi) is 4.75. The molecule has 0 fully saturated rings. The summed E-state index contributed by atoms with van der Waals surface area (Å²) in [5.74, 6) is -0.579. The van der Waals surface area contributed by atoms with Crippen LogP contribution in [0.1, 0.15) is 27.0 Å². The van der Waals surface area contributed by atoms with E-state index in [1.807, 2.05) is 32.9 Å². The molecule has 0 amide bonds. The molecule has 0 aliphatic heterocycles. The highest BCUT2D eigenvalue weighted by Gasteiger charge is 2.18. The molecule has 1 N–H and O–H groups in total. The SMILES string of the molecule is COC(=O)c1cccc(S(=O)(=O)Nc2c(C)cc(C)cc2C)c1. The van der Waals surface area contributed by atoms with Crippen LogP contribution in [0.25, 0.3) is 0 Å². The Bertz CT molecular complexity index is 834. The highest BCUT2D eigenvalue weighted by molar-refractivity contribution is 7.92. The van der Waals surface area contributed by atoms with Crippen LogP contribution < -0.4 is 4.72 Å². The zero-order chi connectivity index (χ0) is 17.2. The first-order chi connectivity index (χ1) is 10.7. The molecule has 0 aromatic heterocycles. The Hall–Kier alpha value is -2.34. The van der Waals surface area contributed by atoms with E-state index in [2.05, 4.69) is 9.46 Å². The van der Waals surface area contributed by atoms with Crippen LogP contribution >= 0.6 is 0 Å². The Labute approximate surface area is 136 Å². The number of methoxy groups -OCH3 is 1. The van der Waals surface area contributed by atoms with E-state index >= 15 is 0 Å². The van der Waals surface area contributed by atoms with Gasteiger partial charge in [-0.3, -0.25) is 4.72 Å². The van der Waals surface area contributed by atoms with E-state index in [4.69, 9.17) is 0 Å². The summed E-state index contributed by atoms with van der Waals surface area (Å²) in [6.07, 6.45) is 0. The minimum absolute atomic E-state index is 0.0137. The summed E-state index contributed by atoms with van der Waals surface area (Å²) in [6.45, 7) is 5.66. The summed E-state index contributed by atoms with van der Waals surface area (Å²) in [5, 5.41) is 0. The number of aryl methyl sites for hydroxylation is 3. The topological polar surface area (TPSA) is 72.5 Å². The van der Waals surface area contributed by atoms with Crippen molar-refractivity contribution in [2.24, 2.45) is 0 Å². The fraction of sp³-hybridized carbons (Fsp3) is 0.235. The predicted octanol–water partition coefficient (Wildman–Crippen LogP) is 3.20. The van der Waals surface area contributed by atoms with Crippen LogP contribution in [0.5, 0.6) is 0 Å². The molecular formula is C17H19NO4S. The number of anilines is 1. The molecule has 0 saturated heterocycles. The zero-order valence-electron chi connectivity index (χ0n) is 13.5. The molecule has 23 heavy (non-hydrogen) atoms. The molecule has 122 valence electrons. The van der Waals surface area contributed by atoms with E-state index in [1.54, 1.807) is 0 Å². The van der Waals surface area contributed by atoms with Crippen molar-refractivity contribution in [2.45, 2.75) is 25.7 Å². The minimum atomic E-state index is -3.79. The van der Waals surface area contributed by atoms with E-state index in [0.717, 1.165) is 16.7 Å². The minimum Gasteiger partial charge on any atom is -0.465 e. The third kappa shape index (κ3) is 3.71. The molecule has 0 heterocycles. The highest BCUT2D eigenvalue weighted by atomic mass is 32.2. The molecule has 0 aliphatic carbocycles. The molecule has 6 heteroatoms. The van der Waals surface area contributed by atoms with E-state index in [9.17, 15) is 13.2 Å². The monoisotopic (exact) mass is 333 g/mol. The van der Waals surface area contributed by atoms with Crippen molar-refractivity contribution in [1.29, 1.82) is 0 Å². The van der Waals surface area contributed by atoms with Crippen molar-refractivity contribution in [3.63, 3.8) is 0 Å². The number of rotatable bonds is 4. The molecule has 2 aromatic carbocycles. The van der Waals surface area contributed by atoms with Gasteiger partial charge in [0.15, 0.2) is 0 Å². The Morgan fingerprint density at radius 3 is 2.22 bits per heavy atom. The molecule has 5 nitrogen and oxygen atoms in total. The largest absolute Gasteiger partial charge is 0.465 e. The fourth-order valence-corrected chi connectivity index (χ4v) is 3.69. The maximum atomic E-state index is 12.6. The van der Waals surface area contributed by atoms with Crippen molar-refractivity contribution >= 4 is 21.7 Å². The van der Waals surface area contributed by atoms with Crippen molar-refractivity contribution < 1.29 is 17.9 Å². The first kappa shape index (κ1) is 17.0. The van der Waals surface area contributed by atoms with Gasteiger partial charge in [0, 0.05) is 0 Å². The Balaban J connectivity index is 2.42. The summed E-state index contributed by atoms with van der Waals surface area (Å²) < 4.78 is 32.4. The average molecular weight is 333 g/mol. The van der Waals surface area contributed by atoms with Gasteiger partial charge in [-0.15, -0.1) is 0 Å². The number of esters is 1. The summed E-state index contributed by atoms with van der Waals surface area (Å²) in [6, 6.07) is 9.58. The number of hydrogen-bond acceptors (Lipinski definition) is 4. The Morgan fingerprint density at radius 1 is 1.04 bits per heavy atom. The van der Waals surface area contributed by atoms with Crippen LogP contribution in [0.4, 0.5) is 5.69 Å². The number of sulfonamides is 1. The maximum absolute atomic E-state index is 12.6. The van der Waals surface area contributed by atoms with E-state index in [0.29, 0.717) is 5.69 Å². The molecule has 0 radical (unpaired) electrons. The quantitative estimate of drug-likeness (QED) is 0.872. The number of nitrogens with one attached hydrogen (secondary N) is 1. The van der Waals surface area contributed by atoms with Gasteiger partial charge >= 0.3 is 5.97 Å². The summed E-state index contributed by atoms with van der Waals surface area (Å²) in [4.78, 5) is 11.6. The van der Waals surface area contributed by atoms with E-state index < -0.39 is 16.0 Å². The second kappa shape index (κ2) is 6.42. The smallest absolute Gasteiger partial charge is 0.337 e. The second-order valence-corrected chi connectivity index (χ2v) is 7.08. The predicted molar refractivity (Wildman–Crippen MR) is 89.2 cm³/mol. The van der Waals surface area contributed by atoms with Crippen LogP contribution in [0, 0.1) is 20.8 Å². The fourth-order valence-electron chi connectivity index (χ4n) is 2.44. The third-order valence-electron chi connectivity index (χ3n) is 3.48. The van der Waals surface area contributed by atoms with E-state index in [-0.39, 0.29) is 10.5 Å². The van der Waals surface area contributed by atoms with Crippen LogP contribution in [-0.4, -0.2) is 21.5 Å². The standard InChI is InChI=1S/C17H19NO4S/c1-11-8-12(2)16(13(3)9-11)18-23(20,21)15-7-5-6-14(10-15)17(19)22-4/h5-10,18H,1-4H3. The van der Waals surface area contributed by atoms with Crippen LogP contribution in [0.15, 0.2) is 41.3 Å². The van der Waals surface area contributed by atoms with Gasteiger partial charge < -0.3 is 4.74 Å². The van der Waals surface area contributed by atoms with Crippen molar-refractivity contribution in [3.8, 4) is 0 Å². The van der Waals surface area contributed by atoms with Crippen molar-refractivity contribution in [2.75, 3.05) is 11.8 Å². The van der Waals surface area contributed by atoms with Crippen molar-refractivity contribution in [1.82, 2.24) is 0 Å². The molecule has 0 spiro atoms. The lowest BCUT2D eigenvalue weighted by molar-refractivity contribution is 0.0600. The lowest BCUT2D eigenvalue weighted by Gasteiger charge is -2.14. The summed E-state index contributed by atoms with van der Waals surface area (Å²) >= 11 is 0. The molecule has 0 saturated carbocycles. The molecule has 2 rings (SSSR count). The Morgan fingerprint density at radius 2 is 1.65 bits per heavy atom. The first-order valence-electron chi connectivity index (χ1n) is 7.03. The molecule has 0 unspecified atom stereocenters. The molecule has 0 aliphatic rings. The van der Waals surface area contributed by atoms with Gasteiger partial charge in [-0.25, -0.2) is 13.2 Å². The summed E-state index contributed by atoms with van der Waals surface area (Å²) in [5.41, 5.74) is 3.49. The van der Waals surface area contributed by atoms with Crippen LogP contribution in [0.3, 0.4) is 0 Å². The first-order valence-corrected chi connectivity index (χ1v) is 8.52. The number of carbonyl (C=O) groups excluding carboxylic acids is 1. The van der Waals surface area contributed by atoms with Gasteiger partial charge in [0.25, 0.3) is 10.0 Å². The number of carbonyl (C=O) groups is 1. The van der Waals surface area contributed by atoms with Gasteiger partial charge in [-0.1, -0.05) is 23.8 Å². The molecular weight excluding hydrogens is 314 g/mol. The highest BCUT2D eigenvalue weighted by Crippen LogP contribution is 2.25. The molecule has 2 aromatic rings. The summed E-state index contributed by atoms with van der Waals surface area (Å²) in [7, 11) is -2.54. The lowest BCUT2D eigenvalue weighted by Crippen LogP contribution is -2.15. The zero-order valence-corrected chi connectivity index (χ0v) is 14.3. The van der Waals surface area contributed by atoms with Gasteiger partial charge in [-0.2, -0.15) is 0 Å². The third-order valence-corrected chi connectivity index (χ3v) is 4.83. The number of hydrogen-bond donors (Lipinski definition) is 1. The van der Waals surface area contributed by atoms with Gasteiger partial charge in [0.05, 0.1) is 23.3 Å². The van der Waals surface area contributed by atoms with Gasteiger partial charge in [0.1, 0.15) is 0 Å². The maximum Gasteiger partial charge on any atom is 0.337 e. The average Bonchev–Trinajstić information content (AvgIpc) is 2.50. The van der Waals surface area contributed by atoms with Gasteiger partial charge in [-0.05, 0) is 50.1 Å². The van der Waals surface area contributed by atoms with Crippen LogP contribution in [0.2, 0.25) is 0 Å². The number of ether oxygens (including phenoxy) is 1. The van der Waals surface area contributed by atoms with E-state index in [1.165, 1.54) is 31.4 Å². The number of benzene rings is 2. The van der Waals surface area contributed by atoms with Crippen molar-refractivity contribution in [3.05, 3.63) is 58.7 Å².